The molecule has 0 spiro atoms. The van der Waals surface area contributed by atoms with Gasteiger partial charge in [-0.1, -0.05) is 25.0 Å². The van der Waals surface area contributed by atoms with E-state index in [9.17, 15) is 14.9 Å². The predicted octanol–water partition coefficient (Wildman–Crippen LogP) is 2.86. The van der Waals surface area contributed by atoms with Crippen LogP contribution in [0.25, 0.3) is 11.4 Å². The van der Waals surface area contributed by atoms with E-state index in [1.165, 1.54) is 31.2 Å². The Morgan fingerprint density at radius 3 is 2.96 bits per heavy atom. The number of nitrogens with zero attached hydrogens (tertiary/aromatic N) is 3. The van der Waals surface area contributed by atoms with Crippen LogP contribution in [0.5, 0.6) is 0 Å². The van der Waals surface area contributed by atoms with Gasteiger partial charge in [0.1, 0.15) is 11.5 Å². The molecule has 0 bridgehead atoms. The number of amides is 1. The Kier molecular flexibility index (Phi) is 4.10. The van der Waals surface area contributed by atoms with Crippen LogP contribution in [-0.4, -0.2) is 39.3 Å². The van der Waals surface area contributed by atoms with Gasteiger partial charge in [0.15, 0.2) is 0 Å². The first-order chi connectivity index (χ1) is 11.0. The lowest BCUT2D eigenvalue weighted by Crippen LogP contribution is -2.28. The number of hydrogen-bond donors (Lipinski definition) is 1. The maximum absolute atomic E-state index is 12.3. The summed E-state index contributed by atoms with van der Waals surface area (Å²) in [5.41, 5.74) is 0.969. The van der Waals surface area contributed by atoms with E-state index in [-0.39, 0.29) is 11.6 Å². The zero-order chi connectivity index (χ0) is 16.4. The van der Waals surface area contributed by atoms with Gasteiger partial charge in [-0.3, -0.25) is 14.9 Å². The molecule has 0 aliphatic heterocycles. The summed E-state index contributed by atoms with van der Waals surface area (Å²) in [7, 11) is 1.78. The van der Waals surface area contributed by atoms with E-state index in [2.05, 4.69) is 9.97 Å². The van der Waals surface area contributed by atoms with Crippen molar-refractivity contribution >= 4 is 11.6 Å². The fourth-order valence-corrected chi connectivity index (χ4v) is 2.43. The summed E-state index contributed by atoms with van der Waals surface area (Å²) >= 11 is 0. The Bertz CT molecular complexity index is 736. The van der Waals surface area contributed by atoms with Crippen LogP contribution in [0.4, 0.5) is 5.69 Å². The number of hydrogen-bond acceptors (Lipinski definition) is 4. The van der Waals surface area contributed by atoms with Crippen LogP contribution in [0.15, 0.2) is 30.5 Å². The number of nitrogens with one attached hydrogen (secondary N) is 1. The van der Waals surface area contributed by atoms with Gasteiger partial charge in [0.2, 0.25) is 0 Å². The normalized spacial score (nSPS) is 13.8. The Labute approximate surface area is 133 Å². The van der Waals surface area contributed by atoms with Gasteiger partial charge in [-0.05, 0) is 12.3 Å². The lowest BCUT2D eigenvalue weighted by molar-refractivity contribution is -0.384. The topological polar surface area (TPSA) is 92.1 Å². The van der Waals surface area contributed by atoms with Gasteiger partial charge < -0.3 is 9.88 Å². The number of H-pyrrole nitrogens is 1. The highest BCUT2D eigenvalue weighted by Gasteiger charge is 2.23. The van der Waals surface area contributed by atoms with E-state index in [1.807, 2.05) is 0 Å². The molecule has 1 saturated carbocycles. The van der Waals surface area contributed by atoms with Gasteiger partial charge in [-0.2, -0.15) is 0 Å². The van der Waals surface area contributed by atoms with Crippen LogP contribution >= 0.6 is 0 Å². The largest absolute Gasteiger partial charge is 0.340 e. The molecule has 1 N–H and O–H groups in total. The number of non-ortho nitro benzene ring substituents is 1. The Balaban J connectivity index is 1.72. The molecule has 1 aromatic carbocycles. The molecule has 0 saturated heterocycles. The van der Waals surface area contributed by atoms with Crippen molar-refractivity contribution in [1.29, 1.82) is 0 Å². The molecule has 0 atom stereocenters. The molecule has 23 heavy (non-hydrogen) atoms. The number of aromatic nitrogens is 2. The third-order valence-corrected chi connectivity index (χ3v) is 4.05. The fourth-order valence-electron chi connectivity index (χ4n) is 2.43. The molecule has 1 fully saturated rings. The molecule has 3 rings (SSSR count). The summed E-state index contributed by atoms with van der Waals surface area (Å²) in [6.45, 7) is 0.731. The zero-order valence-electron chi connectivity index (χ0n) is 12.9. The first-order valence-electron chi connectivity index (χ1n) is 7.60. The predicted molar refractivity (Wildman–Crippen MR) is 85.0 cm³/mol. The van der Waals surface area contributed by atoms with Crippen molar-refractivity contribution < 1.29 is 9.72 Å². The van der Waals surface area contributed by atoms with Crippen LogP contribution in [0.3, 0.4) is 0 Å². The third kappa shape index (κ3) is 3.56. The van der Waals surface area contributed by atoms with Crippen molar-refractivity contribution in [2.75, 3.05) is 13.6 Å². The van der Waals surface area contributed by atoms with E-state index in [0.29, 0.717) is 17.1 Å². The van der Waals surface area contributed by atoms with Crippen molar-refractivity contribution in [2.45, 2.75) is 19.3 Å². The summed E-state index contributed by atoms with van der Waals surface area (Å²) in [6.07, 6.45) is 5.05. The summed E-state index contributed by atoms with van der Waals surface area (Å²) < 4.78 is 0. The molecule has 1 heterocycles. The average molecular weight is 314 g/mol. The molecule has 120 valence electrons. The van der Waals surface area contributed by atoms with Gasteiger partial charge in [0.25, 0.3) is 11.6 Å². The molecule has 0 radical (unpaired) electrons. The Morgan fingerprint density at radius 2 is 2.26 bits per heavy atom. The number of aromatic amines is 1. The number of carbonyl (C=O) groups excluding carboxylic acids is 1. The summed E-state index contributed by atoms with van der Waals surface area (Å²) in [4.78, 5) is 31.5. The van der Waals surface area contributed by atoms with Gasteiger partial charge >= 0.3 is 0 Å². The molecule has 1 aliphatic carbocycles. The molecule has 0 unspecified atom stereocenters. The standard InChI is InChI=1S/C16H18N4O3/c1-19(8-7-11-5-6-11)16(21)14-10-17-15(18-14)12-3-2-4-13(9-12)20(22)23/h2-4,9-11H,5-8H2,1H3,(H,17,18). The molecule has 7 heteroatoms. The second-order valence-corrected chi connectivity index (χ2v) is 5.91. The first kappa shape index (κ1) is 15.2. The van der Waals surface area contributed by atoms with E-state index in [1.54, 1.807) is 24.1 Å². The third-order valence-electron chi connectivity index (χ3n) is 4.05. The molecular weight excluding hydrogens is 296 g/mol. The average Bonchev–Trinajstić information content (AvgIpc) is 3.26. The van der Waals surface area contributed by atoms with Crippen molar-refractivity contribution in [3.8, 4) is 11.4 Å². The molecule has 7 nitrogen and oxygen atoms in total. The SMILES string of the molecule is CN(CCC1CC1)C(=O)c1cnc(-c2cccc([N+](=O)[O-])c2)[nH]1. The summed E-state index contributed by atoms with van der Waals surface area (Å²) in [5, 5.41) is 10.8. The Hall–Kier alpha value is -2.70. The molecule has 1 aromatic heterocycles. The molecule has 1 aliphatic rings. The first-order valence-corrected chi connectivity index (χ1v) is 7.60. The summed E-state index contributed by atoms with van der Waals surface area (Å²) in [6, 6.07) is 6.17. The van der Waals surface area contributed by atoms with Crippen LogP contribution in [0.1, 0.15) is 29.8 Å². The highest BCUT2D eigenvalue weighted by atomic mass is 16.6. The number of rotatable bonds is 6. The van der Waals surface area contributed by atoms with Crippen LogP contribution in [0.2, 0.25) is 0 Å². The highest BCUT2D eigenvalue weighted by molar-refractivity contribution is 5.92. The van der Waals surface area contributed by atoms with Crippen LogP contribution in [-0.2, 0) is 0 Å². The van der Waals surface area contributed by atoms with Crippen molar-refractivity contribution in [1.82, 2.24) is 14.9 Å². The summed E-state index contributed by atoms with van der Waals surface area (Å²) in [5.74, 6) is 1.11. The van der Waals surface area contributed by atoms with Crippen molar-refractivity contribution in [3.63, 3.8) is 0 Å². The zero-order valence-corrected chi connectivity index (χ0v) is 12.9. The van der Waals surface area contributed by atoms with Crippen LogP contribution < -0.4 is 0 Å². The molecule has 1 amide bonds. The molecular formula is C16H18N4O3. The number of imidazole rings is 1. The lowest BCUT2D eigenvalue weighted by atomic mass is 10.2. The maximum atomic E-state index is 12.3. The second kappa shape index (κ2) is 6.20. The lowest BCUT2D eigenvalue weighted by Gasteiger charge is -2.15. The van der Waals surface area contributed by atoms with Crippen molar-refractivity contribution in [2.24, 2.45) is 5.92 Å². The quantitative estimate of drug-likeness (QED) is 0.655. The minimum absolute atomic E-state index is 0.00618. The van der Waals surface area contributed by atoms with Gasteiger partial charge in [-0.25, -0.2) is 4.98 Å². The second-order valence-electron chi connectivity index (χ2n) is 5.91. The van der Waals surface area contributed by atoms with E-state index in [0.717, 1.165) is 18.9 Å². The minimum Gasteiger partial charge on any atom is -0.340 e. The van der Waals surface area contributed by atoms with Gasteiger partial charge in [0.05, 0.1) is 11.1 Å². The Morgan fingerprint density at radius 1 is 1.48 bits per heavy atom. The van der Waals surface area contributed by atoms with E-state index in [4.69, 9.17) is 0 Å². The minimum atomic E-state index is -0.454. The maximum Gasteiger partial charge on any atom is 0.271 e. The number of nitro groups is 1. The smallest absolute Gasteiger partial charge is 0.271 e. The van der Waals surface area contributed by atoms with Crippen LogP contribution in [0, 0.1) is 16.0 Å². The number of carbonyl (C=O) groups is 1. The van der Waals surface area contributed by atoms with Crippen molar-refractivity contribution in [3.05, 3.63) is 46.3 Å². The van der Waals surface area contributed by atoms with Gasteiger partial charge in [-0.15, -0.1) is 0 Å². The van der Waals surface area contributed by atoms with E-state index >= 15 is 0 Å². The van der Waals surface area contributed by atoms with E-state index < -0.39 is 4.92 Å². The fraction of sp³-hybridized carbons (Fsp3) is 0.375. The van der Waals surface area contributed by atoms with Gasteiger partial charge in [0, 0.05) is 31.3 Å². The highest BCUT2D eigenvalue weighted by Crippen LogP contribution is 2.32. The number of nitro benzene ring substituents is 1. The number of benzene rings is 1. The monoisotopic (exact) mass is 314 g/mol. The molecule has 2 aromatic rings.